The second-order valence-corrected chi connectivity index (χ2v) is 4.09. The molecule has 0 aromatic carbocycles. The maximum atomic E-state index is 12.0. The molecular weight excluding hydrogens is 236 g/mol. The summed E-state index contributed by atoms with van der Waals surface area (Å²) in [4.78, 5) is 23.5. The van der Waals surface area contributed by atoms with Gasteiger partial charge in [0.25, 0.3) is 0 Å². The summed E-state index contributed by atoms with van der Waals surface area (Å²) < 4.78 is 3.42. The molecule has 2 heterocycles. The number of nitrogens with zero attached hydrogens (tertiary/aromatic N) is 5. The van der Waals surface area contributed by atoms with Crippen LogP contribution in [0.15, 0.2) is 9.59 Å². The lowest BCUT2D eigenvalue weighted by molar-refractivity contribution is 0.575. The van der Waals surface area contributed by atoms with E-state index < -0.39 is 11.2 Å². The molecule has 0 unspecified atom stereocenters. The average Bonchev–Trinajstić information content (AvgIpc) is 2.59. The van der Waals surface area contributed by atoms with Crippen LogP contribution in [0.1, 0.15) is 11.4 Å². The summed E-state index contributed by atoms with van der Waals surface area (Å²) >= 11 is 0. The summed E-state index contributed by atoms with van der Waals surface area (Å²) in [5.74, 6) is 0.0527. The van der Waals surface area contributed by atoms with Crippen molar-refractivity contribution in [3.05, 3.63) is 32.2 Å². The molecule has 18 heavy (non-hydrogen) atoms. The third-order valence-electron chi connectivity index (χ3n) is 2.85. The van der Waals surface area contributed by atoms with Gasteiger partial charge in [-0.05, 0) is 13.8 Å². The van der Waals surface area contributed by atoms with Crippen molar-refractivity contribution in [3.63, 3.8) is 0 Å². The highest BCUT2D eigenvalue weighted by Gasteiger charge is 2.16. The van der Waals surface area contributed by atoms with Gasteiger partial charge in [0.05, 0.1) is 17.1 Å². The van der Waals surface area contributed by atoms with Crippen molar-refractivity contribution < 1.29 is 0 Å². The van der Waals surface area contributed by atoms with Crippen molar-refractivity contribution in [2.45, 2.75) is 13.8 Å². The van der Waals surface area contributed by atoms with E-state index >= 15 is 0 Å². The molecule has 8 nitrogen and oxygen atoms in total. The van der Waals surface area contributed by atoms with Crippen LogP contribution in [-0.2, 0) is 14.1 Å². The van der Waals surface area contributed by atoms with E-state index in [2.05, 4.69) is 10.2 Å². The summed E-state index contributed by atoms with van der Waals surface area (Å²) in [5, 5.41) is 8.09. The lowest BCUT2D eigenvalue weighted by Gasteiger charge is -2.06. The van der Waals surface area contributed by atoms with Gasteiger partial charge in [0.1, 0.15) is 0 Å². The molecule has 0 saturated carbocycles. The summed E-state index contributed by atoms with van der Waals surface area (Å²) in [7, 11) is 2.87. The zero-order chi connectivity index (χ0) is 13.6. The molecule has 0 aliphatic heterocycles. The second kappa shape index (κ2) is 3.83. The van der Waals surface area contributed by atoms with Crippen LogP contribution >= 0.6 is 0 Å². The van der Waals surface area contributed by atoms with E-state index in [0.717, 1.165) is 9.25 Å². The zero-order valence-electron chi connectivity index (χ0n) is 10.6. The molecule has 0 aliphatic rings. The third-order valence-corrected chi connectivity index (χ3v) is 2.85. The standard InChI is InChI=1S/C10H14N6O2/c1-5-7(11)6(2)16(12-5)8-9(17)14(3)10(18)15(4)13-8/h11H2,1-4H3. The zero-order valence-corrected chi connectivity index (χ0v) is 10.6. The molecule has 0 spiro atoms. The summed E-state index contributed by atoms with van der Waals surface area (Å²) in [6.45, 7) is 3.48. The van der Waals surface area contributed by atoms with Gasteiger partial charge >= 0.3 is 11.2 Å². The molecule has 2 aromatic rings. The van der Waals surface area contributed by atoms with E-state index in [9.17, 15) is 9.59 Å². The van der Waals surface area contributed by atoms with E-state index in [4.69, 9.17) is 5.73 Å². The van der Waals surface area contributed by atoms with Gasteiger partial charge in [-0.2, -0.15) is 5.10 Å². The molecule has 0 fully saturated rings. The second-order valence-electron chi connectivity index (χ2n) is 4.09. The number of nitrogen functional groups attached to an aromatic ring is 1. The summed E-state index contributed by atoms with van der Waals surface area (Å²) in [5.41, 5.74) is 6.55. The van der Waals surface area contributed by atoms with Crippen LogP contribution in [-0.4, -0.2) is 24.1 Å². The van der Waals surface area contributed by atoms with Gasteiger partial charge in [0.2, 0.25) is 5.82 Å². The molecule has 2 rings (SSSR count). The van der Waals surface area contributed by atoms with Crippen molar-refractivity contribution in [1.29, 1.82) is 0 Å². The minimum absolute atomic E-state index is 0.0527. The highest BCUT2D eigenvalue weighted by atomic mass is 16.2. The summed E-state index contributed by atoms with van der Waals surface area (Å²) in [6, 6.07) is 0. The number of hydrogen-bond acceptors (Lipinski definition) is 5. The van der Waals surface area contributed by atoms with Gasteiger partial charge in [-0.3, -0.25) is 9.36 Å². The molecule has 2 aromatic heterocycles. The number of rotatable bonds is 1. The predicted octanol–water partition coefficient (Wildman–Crippen LogP) is -1.14. The van der Waals surface area contributed by atoms with E-state index in [1.807, 2.05) is 0 Å². The number of nitrogens with two attached hydrogens (primary N) is 1. The van der Waals surface area contributed by atoms with E-state index in [1.165, 1.54) is 18.8 Å². The van der Waals surface area contributed by atoms with Crippen LogP contribution in [0.2, 0.25) is 0 Å². The van der Waals surface area contributed by atoms with Gasteiger partial charge in [-0.25, -0.2) is 14.2 Å². The van der Waals surface area contributed by atoms with E-state index in [-0.39, 0.29) is 5.82 Å². The fourth-order valence-corrected chi connectivity index (χ4v) is 1.68. The van der Waals surface area contributed by atoms with Crippen LogP contribution in [0.5, 0.6) is 0 Å². The van der Waals surface area contributed by atoms with Crippen molar-refractivity contribution >= 4 is 5.69 Å². The van der Waals surface area contributed by atoms with Gasteiger partial charge in [-0.1, -0.05) is 0 Å². The topological polar surface area (TPSA) is 101 Å². The van der Waals surface area contributed by atoms with Crippen molar-refractivity contribution in [2.75, 3.05) is 5.73 Å². The highest BCUT2D eigenvalue weighted by molar-refractivity contribution is 5.49. The largest absolute Gasteiger partial charge is 0.396 e. The van der Waals surface area contributed by atoms with Crippen LogP contribution in [0, 0.1) is 13.8 Å². The first-order valence-electron chi connectivity index (χ1n) is 5.31. The molecule has 0 radical (unpaired) electrons. The van der Waals surface area contributed by atoms with Crippen LogP contribution < -0.4 is 17.0 Å². The van der Waals surface area contributed by atoms with Crippen LogP contribution in [0.4, 0.5) is 5.69 Å². The predicted molar refractivity (Wildman–Crippen MR) is 65.7 cm³/mol. The molecule has 0 amide bonds. The molecule has 96 valence electrons. The smallest absolute Gasteiger partial charge is 0.346 e. The first-order chi connectivity index (χ1) is 8.34. The first-order valence-corrected chi connectivity index (χ1v) is 5.31. The van der Waals surface area contributed by atoms with Crippen molar-refractivity contribution in [1.82, 2.24) is 24.1 Å². The Balaban J connectivity index is 2.84. The molecule has 8 heteroatoms. The van der Waals surface area contributed by atoms with Gasteiger partial charge in [-0.15, -0.1) is 5.10 Å². The fourth-order valence-electron chi connectivity index (χ4n) is 1.68. The SMILES string of the molecule is Cc1nn(-c2nn(C)c(=O)n(C)c2=O)c(C)c1N. The number of aryl methyl sites for hydroxylation is 2. The fraction of sp³-hybridized carbons (Fsp3) is 0.400. The van der Waals surface area contributed by atoms with Crippen molar-refractivity contribution in [2.24, 2.45) is 14.1 Å². The molecular formula is C10H14N6O2. The average molecular weight is 250 g/mol. The highest BCUT2D eigenvalue weighted by Crippen LogP contribution is 2.16. The molecule has 0 saturated heterocycles. The lowest BCUT2D eigenvalue weighted by atomic mass is 10.3. The third kappa shape index (κ3) is 1.53. The number of anilines is 1. The molecule has 0 atom stereocenters. The Labute approximate surface area is 102 Å². The Morgan fingerprint density at radius 3 is 2.22 bits per heavy atom. The molecule has 2 N–H and O–H groups in total. The number of hydrogen-bond donors (Lipinski definition) is 1. The van der Waals surface area contributed by atoms with Crippen LogP contribution in [0.25, 0.3) is 5.82 Å². The minimum atomic E-state index is -0.510. The van der Waals surface area contributed by atoms with E-state index in [1.54, 1.807) is 13.8 Å². The molecule has 0 bridgehead atoms. The van der Waals surface area contributed by atoms with Gasteiger partial charge < -0.3 is 5.73 Å². The monoisotopic (exact) mass is 250 g/mol. The maximum Gasteiger partial charge on any atom is 0.346 e. The van der Waals surface area contributed by atoms with Gasteiger partial charge in [0, 0.05) is 14.1 Å². The Hall–Kier alpha value is -2.38. The molecule has 0 aliphatic carbocycles. The Bertz CT molecular complexity index is 736. The normalized spacial score (nSPS) is 10.9. The van der Waals surface area contributed by atoms with Gasteiger partial charge in [0.15, 0.2) is 0 Å². The maximum absolute atomic E-state index is 12.0. The summed E-state index contributed by atoms with van der Waals surface area (Å²) in [6.07, 6.45) is 0. The number of aromatic nitrogens is 5. The quantitative estimate of drug-likeness (QED) is 0.689. The first kappa shape index (κ1) is 12.1. The van der Waals surface area contributed by atoms with E-state index in [0.29, 0.717) is 17.1 Å². The Morgan fingerprint density at radius 1 is 1.11 bits per heavy atom. The Morgan fingerprint density at radius 2 is 1.72 bits per heavy atom. The minimum Gasteiger partial charge on any atom is -0.396 e. The van der Waals surface area contributed by atoms with Crippen LogP contribution in [0.3, 0.4) is 0 Å². The Kier molecular flexibility index (Phi) is 2.57. The lowest BCUT2D eigenvalue weighted by Crippen LogP contribution is -2.41. The van der Waals surface area contributed by atoms with Crippen molar-refractivity contribution in [3.8, 4) is 5.82 Å².